The Balaban J connectivity index is 1.33. The van der Waals surface area contributed by atoms with Gasteiger partial charge < -0.3 is 4.90 Å². The summed E-state index contributed by atoms with van der Waals surface area (Å²) in [4.78, 5) is 2.45. The molecule has 2 aliphatic carbocycles. The minimum absolute atomic E-state index is 0.00474. The smallest absolute Gasteiger partial charge is 0.0468 e. The second kappa shape index (κ2) is 10.8. The highest BCUT2D eigenvalue weighted by Crippen LogP contribution is 2.57. The van der Waals surface area contributed by atoms with Crippen LogP contribution in [0.5, 0.6) is 0 Å². The zero-order valence-corrected chi connectivity index (χ0v) is 30.2. The summed E-state index contributed by atoms with van der Waals surface area (Å²) in [6.07, 6.45) is 0. The number of hydrogen-bond donors (Lipinski definition) is 0. The maximum absolute atomic E-state index is 2.47. The van der Waals surface area contributed by atoms with Crippen molar-refractivity contribution in [1.82, 2.24) is 0 Å². The molecule has 0 amide bonds. The van der Waals surface area contributed by atoms with Crippen molar-refractivity contribution in [3.8, 4) is 33.4 Å². The molecule has 6 aromatic carbocycles. The quantitative estimate of drug-likeness (QED) is 0.186. The van der Waals surface area contributed by atoms with Crippen LogP contribution in [0.1, 0.15) is 77.6 Å². The molecule has 0 saturated carbocycles. The van der Waals surface area contributed by atoms with Crippen LogP contribution in [0.15, 0.2) is 140 Å². The second-order valence-electron chi connectivity index (χ2n) is 16.3. The van der Waals surface area contributed by atoms with E-state index in [2.05, 4.69) is 200 Å². The molecule has 0 fully saturated rings. The first-order valence-corrected chi connectivity index (χ1v) is 17.8. The highest BCUT2D eigenvalue weighted by molar-refractivity contribution is 5.88. The normalized spacial score (nSPS) is 17.2. The first-order valence-electron chi connectivity index (χ1n) is 17.8. The average molecular weight is 638 g/mol. The van der Waals surface area contributed by atoms with Crippen LogP contribution in [0.25, 0.3) is 33.4 Å². The Morgan fingerprint density at radius 2 is 0.776 bits per heavy atom. The van der Waals surface area contributed by atoms with E-state index in [1.54, 1.807) is 0 Å². The van der Waals surface area contributed by atoms with Crippen molar-refractivity contribution in [1.29, 1.82) is 0 Å². The number of hydrogen-bond acceptors (Lipinski definition) is 1. The van der Waals surface area contributed by atoms with Crippen molar-refractivity contribution in [2.24, 2.45) is 0 Å². The minimum atomic E-state index is -0.105. The fraction of sp³-hybridized carbons (Fsp3) is 0.250. The molecular formula is C48H47N. The molecule has 244 valence electrons. The summed E-state index contributed by atoms with van der Waals surface area (Å²) >= 11 is 0. The van der Waals surface area contributed by atoms with Crippen LogP contribution in [-0.4, -0.2) is 0 Å². The Labute approximate surface area is 293 Å². The fourth-order valence-electron chi connectivity index (χ4n) is 8.62. The third kappa shape index (κ3) is 4.51. The summed E-state index contributed by atoms with van der Waals surface area (Å²) in [6, 6.07) is 52.1. The summed E-state index contributed by atoms with van der Waals surface area (Å²) in [5.74, 6) is 0. The third-order valence-electron chi connectivity index (χ3n) is 13.0. The van der Waals surface area contributed by atoms with Gasteiger partial charge in [-0.05, 0) is 120 Å². The van der Waals surface area contributed by atoms with Gasteiger partial charge in [0.2, 0.25) is 0 Å². The topological polar surface area (TPSA) is 3.24 Å². The predicted molar refractivity (Wildman–Crippen MR) is 210 cm³/mol. The molecule has 0 radical (unpaired) electrons. The van der Waals surface area contributed by atoms with Crippen LogP contribution in [0.4, 0.5) is 17.1 Å². The summed E-state index contributed by atoms with van der Waals surface area (Å²) in [6.45, 7) is 19.3. The highest BCUT2D eigenvalue weighted by atomic mass is 15.1. The van der Waals surface area contributed by atoms with E-state index in [0.717, 1.165) is 5.69 Å². The van der Waals surface area contributed by atoms with Gasteiger partial charge >= 0.3 is 0 Å². The Kier molecular flexibility index (Phi) is 6.93. The molecule has 0 N–H and O–H groups in total. The Bertz CT molecular complexity index is 2220. The lowest BCUT2D eigenvalue weighted by atomic mass is 9.55. The number of nitrogens with zero attached hydrogens (tertiary/aromatic N) is 1. The molecule has 1 heteroatoms. The number of para-hydroxylation sites is 1. The number of fused-ring (bicyclic) bond motifs is 6. The third-order valence-corrected chi connectivity index (χ3v) is 13.0. The van der Waals surface area contributed by atoms with Crippen LogP contribution >= 0.6 is 0 Å². The molecule has 0 aromatic heterocycles. The molecule has 0 atom stereocenters. The van der Waals surface area contributed by atoms with E-state index in [9.17, 15) is 0 Å². The minimum Gasteiger partial charge on any atom is -0.310 e. The summed E-state index contributed by atoms with van der Waals surface area (Å²) in [5, 5.41) is 0. The van der Waals surface area contributed by atoms with Gasteiger partial charge in [0.25, 0.3) is 0 Å². The molecule has 0 heterocycles. The number of anilines is 3. The van der Waals surface area contributed by atoms with E-state index in [-0.39, 0.29) is 21.7 Å². The zero-order valence-electron chi connectivity index (χ0n) is 30.2. The van der Waals surface area contributed by atoms with E-state index >= 15 is 0 Å². The van der Waals surface area contributed by atoms with Gasteiger partial charge in [0.05, 0.1) is 0 Å². The van der Waals surface area contributed by atoms with Gasteiger partial charge in [-0.25, -0.2) is 0 Å². The van der Waals surface area contributed by atoms with Crippen molar-refractivity contribution in [2.45, 2.75) is 77.0 Å². The van der Waals surface area contributed by atoms with Crippen LogP contribution in [0, 0.1) is 0 Å². The monoisotopic (exact) mass is 637 g/mol. The second-order valence-corrected chi connectivity index (χ2v) is 16.3. The van der Waals surface area contributed by atoms with Crippen LogP contribution in [-0.2, 0) is 21.7 Å². The van der Waals surface area contributed by atoms with Crippen molar-refractivity contribution >= 4 is 17.1 Å². The molecule has 0 aliphatic heterocycles. The van der Waals surface area contributed by atoms with Crippen LogP contribution in [0.3, 0.4) is 0 Å². The van der Waals surface area contributed by atoms with Gasteiger partial charge in [-0.3, -0.25) is 0 Å². The molecule has 2 aliphatic rings. The first-order chi connectivity index (χ1) is 23.3. The van der Waals surface area contributed by atoms with Gasteiger partial charge in [-0.1, -0.05) is 152 Å². The van der Waals surface area contributed by atoms with E-state index in [1.807, 2.05) is 0 Å². The Morgan fingerprint density at radius 3 is 1.45 bits per heavy atom. The van der Waals surface area contributed by atoms with Crippen molar-refractivity contribution in [3.63, 3.8) is 0 Å². The maximum Gasteiger partial charge on any atom is 0.0468 e. The van der Waals surface area contributed by atoms with Gasteiger partial charge in [0.15, 0.2) is 0 Å². The van der Waals surface area contributed by atoms with Crippen LogP contribution in [0.2, 0.25) is 0 Å². The van der Waals surface area contributed by atoms with Gasteiger partial charge in [-0.2, -0.15) is 0 Å². The van der Waals surface area contributed by atoms with E-state index in [1.165, 1.54) is 67.0 Å². The molecular weight excluding hydrogens is 591 g/mol. The molecule has 49 heavy (non-hydrogen) atoms. The average Bonchev–Trinajstić information content (AvgIpc) is 3.11. The first kappa shape index (κ1) is 31.4. The Morgan fingerprint density at radius 1 is 0.306 bits per heavy atom. The lowest BCUT2D eigenvalue weighted by Crippen LogP contribution is -2.43. The van der Waals surface area contributed by atoms with Crippen LogP contribution < -0.4 is 4.90 Å². The molecule has 0 saturated heterocycles. The maximum atomic E-state index is 2.47. The predicted octanol–water partition coefficient (Wildman–Crippen LogP) is 13.3. The lowest BCUT2D eigenvalue weighted by molar-refractivity contribution is 0.299. The molecule has 6 aromatic rings. The van der Waals surface area contributed by atoms with Crippen molar-refractivity contribution in [3.05, 3.63) is 162 Å². The highest BCUT2D eigenvalue weighted by Gasteiger charge is 2.47. The lowest BCUT2D eigenvalue weighted by Gasteiger charge is -2.49. The molecule has 1 nitrogen and oxygen atoms in total. The summed E-state index contributed by atoms with van der Waals surface area (Å²) in [7, 11) is 0. The van der Waals surface area contributed by atoms with E-state index in [4.69, 9.17) is 0 Å². The SMILES string of the molecule is CC1(C)c2ccccc2-c2cc(N(c3ccccc3)c3ccc4c(c3)C(C)(C)C(C)(C)c3ccc(-c5ccccc5)cc3-4)ccc2C1(C)C. The van der Waals surface area contributed by atoms with Gasteiger partial charge in [0.1, 0.15) is 0 Å². The molecule has 8 rings (SSSR count). The van der Waals surface area contributed by atoms with E-state index in [0.29, 0.717) is 0 Å². The standard InChI is InChI=1S/C48H47N/c1-45(2)41-22-16-15-21-37(41)40-30-35(25-28-43(40)46(45,3)4)49(34-19-13-10-14-20-34)36-24-26-38-39-29-33(32-17-11-9-12-18-32)23-27-42(39)47(5,6)48(7,8)44(38)31-36/h9-31H,1-8H3. The number of rotatable bonds is 4. The summed E-state index contributed by atoms with van der Waals surface area (Å²) in [5.41, 5.74) is 16.8. The van der Waals surface area contributed by atoms with Crippen molar-refractivity contribution < 1.29 is 0 Å². The molecule has 0 bridgehead atoms. The Hall–Kier alpha value is -4.88. The number of benzene rings is 6. The van der Waals surface area contributed by atoms with E-state index < -0.39 is 0 Å². The van der Waals surface area contributed by atoms with Gasteiger partial charge in [0, 0.05) is 17.1 Å². The molecule has 0 spiro atoms. The zero-order chi connectivity index (χ0) is 34.3. The fourth-order valence-corrected chi connectivity index (χ4v) is 8.62. The van der Waals surface area contributed by atoms with Crippen molar-refractivity contribution in [2.75, 3.05) is 4.90 Å². The largest absolute Gasteiger partial charge is 0.310 e. The summed E-state index contributed by atoms with van der Waals surface area (Å²) < 4.78 is 0. The van der Waals surface area contributed by atoms with Gasteiger partial charge in [-0.15, -0.1) is 0 Å². The molecule has 0 unspecified atom stereocenters.